The standard InChI is InChI=1S/C35H53N5O5/c1-25-21-40(26(2)24-41)34(42)31-20-30(38-35(43)37-29-11-6-5-7-12-29)13-14-32(31)45-27(3)10-8-9-19-44-33(25)23-39(4)22-28-15-17-36-18-16-28/h13-18,20,25-27,29,33,41H,5-12,19,21-24H2,1-4H3,(H2,37,38,43)/t25-,26-,27-,33-/m1/s1. The molecule has 0 bridgehead atoms. The van der Waals surface area contributed by atoms with Gasteiger partial charge in [0.25, 0.3) is 5.91 Å². The number of hydrogen-bond donors (Lipinski definition) is 3. The number of amides is 3. The Balaban J connectivity index is 1.56. The molecule has 2 aliphatic rings. The Morgan fingerprint density at radius 2 is 1.82 bits per heavy atom. The van der Waals surface area contributed by atoms with Crippen LogP contribution in [0.4, 0.5) is 10.5 Å². The SMILES string of the molecule is C[C@@H]1CCCCO[C@H](CN(C)Cc2ccncc2)[C@H](C)CN([C@H](C)CO)C(=O)c2cc(NC(=O)NC3CCCCC3)ccc2O1. The topological polar surface area (TPSA) is 116 Å². The molecule has 2 heterocycles. The van der Waals surface area contributed by atoms with E-state index in [2.05, 4.69) is 34.5 Å². The summed E-state index contributed by atoms with van der Waals surface area (Å²) in [5.41, 5.74) is 2.07. The number of carbonyl (C=O) groups excluding carboxylic acids is 2. The monoisotopic (exact) mass is 623 g/mol. The van der Waals surface area contributed by atoms with E-state index in [1.165, 1.54) is 12.0 Å². The maximum atomic E-state index is 14.3. The molecule has 1 aromatic carbocycles. The van der Waals surface area contributed by atoms with E-state index in [0.717, 1.165) is 51.5 Å². The third-order valence-electron chi connectivity index (χ3n) is 8.94. The van der Waals surface area contributed by atoms with Crippen molar-refractivity contribution in [3.05, 3.63) is 53.9 Å². The van der Waals surface area contributed by atoms with Crippen molar-refractivity contribution in [2.24, 2.45) is 5.92 Å². The Morgan fingerprint density at radius 3 is 2.56 bits per heavy atom. The molecule has 4 rings (SSSR count). The minimum atomic E-state index is -0.431. The molecule has 0 saturated heterocycles. The summed E-state index contributed by atoms with van der Waals surface area (Å²) >= 11 is 0. The van der Waals surface area contributed by atoms with E-state index in [9.17, 15) is 14.7 Å². The van der Waals surface area contributed by atoms with E-state index < -0.39 is 6.04 Å². The van der Waals surface area contributed by atoms with Crippen LogP contribution in [0.5, 0.6) is 5.75 Å². The number of anilines is 1. The van der Waals surface area contributed by atoms with Gasteiger partial charge in [-0.1, -0.05) is 26.2 Å². The first-order chi connectivity index (χ1) is 21.7. The molecule has 2 aromatic rings. The lowest BCUT2D eigenvalue weighted by Crippen LogP contribution is -2.47. The maximum absolute atomic E-state index is 14.3. The Hall–Kier alpha value is -3.21. The van der Waals surface area contributed by atoms with Crippen molar-refractivity contribution in [3.8, 4) is 5.75 Å². The summed E-state index contributed by atoms with van der Waals surface area (Å²) in [6.45, 7) is 8.26. The molecule has 0 radical (unpaired) electrons. The number of pyridine rings is 1. The maximum Gasteiger partial charge on any atom is 0.319 e. The van der Waals surface area contributed by atoms with Gasteiger partial charge in [-0.05, 0) is 88.9 Å². The average molecular weight is 624 g/mol. The molecule has 1 fully saturated rings. The number of benzene rings is 1. The van der Waals surface area contributed by atoms with Crippen molar-refractivity contribution in [2.75, 3.05) is 38.7 Å². The van der Waals surface area contributed by atoms with Crippen LogP contribution in [0.25, 0.3) is 0 Å². The van der Waals surface area contributed by atoms with Crippen molar-refractivity contribution < 1.29 is 24.2 Å². The average Bonchev–Trinajstić information content (AvgIpc) is 3.03. The molecular weight excluding hydrogens is 570 g/mol. The van der Waals surface area contributed by atoms with Gasteiger partial charge in [0.05, 0.1) is 30.4 Å². The Morgan fingerprint density at radius 1 is 1.09 bits per heavy atom. The Bertz CT molecular complexity index is 1210. The highest BCUT2D eigenvalue weighted by atomic mass is 16.5. The molecule has 45 heavy (non-hydrogen) atoms. The second kappa shape index (κ2) is 17.5. The number of nitrogens with one attached hydrogen (secondary N) is 2. The molecule has 1 aromatic heterocycles. The largest absolute Gasteiger partial charge is 0.490 e. The van der Waals surface area contributed by atoms with Gasteiger partial charge in [0.1, 0.15) is 5.75 Å². The summed E-state index contributed by atoms with van der Waals surface area (Å²) in [5.74, 6) is 0.218. The molecule has 0 spiro atoms. The number of ether oxygens (including phenoxy) is 2. The van der Waals surface area contributed by atoms with Crippen LogP contribution in [0, 0.1) is 5.92 Å². The van der Waals surface area contributed by atoms with Crippen LogP contribution >= 0.6 is 0 Å². The third kappa shape index (κ3) is 10.7. The zero-order valence-corrected chi connectivity index (χ0v) is 27.5. The van der Waals surface area contributed by atoms with E-state index in [-0.39, 0.29) is 42.7 Å². The highest BCUT2D eigenvalue weighted by Crippen LogP contribution is 2.29. The highest BCUT2D eigenvalue weighted by Gasteiger charge is 2.30. The fourth-order valence-corrected chi connectivity index (χ4v) is 6.23. The van der Waals surface area contributed by atoms with Gasteiger partial charge < -0.3 is 30.1 Å². The molecule has 248 valence electrons. The number of fused-ring (bicyclic) bond motifs is 1. The summed E-state index contributed by atoms with van der Waals surface area (Å²) in [6, 6.07) is 8.76. The molecule has 0 unspecified atom stereocenters. The van der Waals surface area contributed by atoms with E-state index in [1.54, 1.807) is 35.5 Å². The lowest BCUT2D eigenvalue weighted by atomic mass is 9.96. The molecule has 1 saturated carbocycles. The van der Waals surface area contributed by atoms with Crippen LogP contribution in [0.3, 0.4) is 0 Å². The Labute approximate surface area is 268 Å². The summed E-state index contributed by atoms with van der Waals surface area (Å²) < 4.78 is 12.8. The summed E-state index contributed by atoms with van der Waals surface area (Å²) in [4.78, 5) is 35.3. The predicted molar refractivity (Wildman–Crippen MR) is 176 cm³/mol. The van der Waals surface area contributed by atoms with Gasteiger partial charge >= 0.3 is 6.03 Å². The first-order valence-corrected chi connectivity index (χ1v) is 16.7. The van der Waals surface area contributed by atoms with Crippen LogP contribution in [-0.4, -0.2) is 89.5 Å². The van der Waals surface area contributed by atoms with Crippen LogP contribution in [-0.2, 0) is 11.3 Å². The molecule has 4 atom stereocenters. The van der Waals surface area contributed by atoms with Crippen molar-refractivity contribution >= 4 is 17.6 Å². The number of hydrogen-bond acceptors (Lipinski definition) is 7. The predicted octanol–water partition coefficient (Wildman–Crippen LogP) is 5.46. The molecule has 10 nitrogen and oxygen atoms in total. The highest BCUT2D eigenvalue weighted by molar-refractivity contribution is 5.99. The van der Waals surface area contributed by atoms with Gasteiger partial charge in [0, 0.05) is 56.3 Å². The van der Waals surface area contributed by atoms with Crippen molar-refractivity contribution in [2.45, 2.75) is 103 Å². The summed E-state index contributed by atoms with van der Waals surface area (Å²) in [5, 5.41) is 16.2. The molecule has 10 heteroatoms. The van der Waals surface area contributed by atoms with Crippen molar-refractivity contribution in [3.63, 3.8) is 0 Å². The summed E-state index contributed by atoms with van der Waals surface area (Å²) in [7, 11) is 2.08. The van der Waals surface area contributed by atoms with Gasteiger partial charge in [-0.15, -0.1) is 0 Å². The lowest BCUT2D eigenvalue weighted by Gasteiger charge is -2.36. The van der Waals surface area contributed by atoms with E-state index >= 15 is 0 Å². The number of aromatic nitrogens is 1. The van der Waals surface area contributed by atoms with Gasteiger partial charge in [-0.25, -0.2) is 4.79 Å². The number of likely N-dealkylation sites (N-methyl/N-ethyl adjacent to an activating group) is 1. The number of aliphatic hydroxyl groups is 1. The fourth-order valence-electron chi connectivity index (χ4n) is 6.23. The fraction of sp³-hybridized carbons (Fsp3) is 0.629. The van der Waals surface area contributed by atoms with E-state index in [4.69, 9.17) is 9.47 Å². The van der Waals surface area contributed by atoms with Crippen LogP contribution < -0.4 is 15.4 Å². The number of carbonyl (C=O) groups is 2. The van der Waals surface area contributed by atoms with E-state index in [1.807, 2.05) is 26.0 Å². The molecule has 1 aliphatic heterocycles. The van der Waals surface area contributed by atoms with Crippen LogP contribution in [0.1, 0.15) is 88.1 Å². The van der Waals surface area contributed by atoms with Gasteiger partial charge in [0.15, 0.2) is 0 Å². The van der Waals surface area contributed by atoms with Gasteiger partial charge in [0.2, 0.25) is 0 Å². The lowest BCUT2D eigenvalue weighted by molar-refractivity contribution is -0.0177. The van der Waals surface area contributed by atoms with Crippen LogP contribution in [0.2, 0.25) is 0 Å². The molecule has 3 N–H and O–H groups in total. The van der Waals surface area contributed by atoms with E-state index in [0.29, 0.717) is 36.7 Å². The number of aliphatic hydroxyl groups excluding tert-OH is 1. The third-order valence-corrected chi connectivity index (χ3v) is 8.94. The van der Waals surface area contributed by atoms with Crippen LogP contribution in [0.15, 0.2) is 42.7 Å². The smallest absolute Gasteiger partial charge is 0.319 e. The summed E-state index contributed by atoms with van der Waals surface area (Å²) in [6.07, 6.45) is 11.5. The number of rotatable bonds is 8. The number of nitrogens with zero attached hydrogens (tertiary/aromatic N) is 3. The second-order valence-electron chi connectivity index (χ2n) is 13.0. The minimum Gasteiger partial charge on any atom is -0.490 e. The van der Waals surface area contributed by atoms with Gasteiger partial charge in [-0.3, -0.25) is 14.7 Å². The molecular formula is C35H53N5O5. The van der Waals surface area contributed by atoms with Gasteiger partial charge in [-0.2, -0.15) is 0 Å². The Kier molecular flexibility index (Phi) is 13.5. The molecule has 1 aliphatic carbocycles. The van der Waals surface area contributed by atoms with Crippen molar-refractivity contribution in [1.29, 1.82) is 0 Å². The number of urea groups is 1. The first kappa shape index (κ1) is 34.7. The van der Waals surface area contributed by atoms with Crippen molar-refractivity contribution in [1.82, 2.24) is 20.1 Å². The zero-order valence-electron chi connectivity index (χ0n) is 27.5. The molecule has 3 amide bonds. The second-order valence-corrected chi connectivity index (χ2v) is 13.0. The zero-order chi connectivity index (χ0) is 32.2. The normalized spacial score (nSPS) is 23.0. The minimum absolute atomic E-state index is 0.0170. The first-order valence-electron chi connectivity index (χ1n) is 16.7. The quantitative estimate of drug-likeness (QED) is 0.358.